The Morgan fingerprint density at radius 1 is 1.55 bits per heavy atom. The molecule has 3 nitrogen and oxygen atoms in total. The second-order valence-corrected chi connectivity index (χ2v) is 2.42. The normalized spacial score (nSPS) is 9.18. The van der Waals surface area contributed by atoms with Crippen LogP contribution in [0.1, 0.15) is 5.56 Å². The molecule has 58 valence electrons. The van der Waals surface area contributed by atoms with Gasteiger partial charge in [-0.2, -0.15) is 0 Å². The van der Waals surface area contributed by atoms with E-state index in [4.69, 9.17) is 0 Å². The average Bonchev–Trinajstić information content (AvgIpc) is 2.03. The van der Waals surface area contributed by atoms with Gasteiger partial charge in [0, 0.05) is 18.9 Å². The van der Waals surface area contributed by atoms with E-state index >= 15 is 0 Å². The number of nitrogens with one attached hydrogen (secondary N) is 1. The first kappa shape index (κ1) is 8.07. The molecule has 1 N–H and O–H groups in total. The summed E-state index contributed by atoms with van der Waals surface area (Å²) >= 11 is 3.56. The number of amides is 1. The monoisotopic (exact) mass is 168 g/mol. The predicted molar refractivity (Wildman–Crippen MR) is 45.5 cm³/mol. The highest BCUT2D eigenvalue weighted by Gasteiger charge is 1.92. The third-order valence-electron chi connectivity index (χ3n) is 1.19. The van der Waals surface area contributed by atoms with Crippen LogP contribution in [0.15, 0.2) is 24.5 Å². The minimum absolute atomic E-state index is 0.318. The lowest BCUT2D eigenvalue weighted by Crippen LogP contribution is -2.15. The predicted octanol–water partition coefficient (Wildman–Crippen LogP) is 1.22. The largest absolute Gasteiger partial charge is 0.343 e. The SMILES string of the molecule is O=C(S)NCc1ccncc1. The van der Waals surface area contributed by atoms with Gasteiger partial charge in [-0.1, -0.05) is 12.6 Å². The van der Waals surface area contributed by atoms with E-state index in [0.717, 1.165) is 5.56 Å². The molecule has 0 aromatic carbocycles. The summed E-state index contributed by atoms with van der Waals surface area (Å²) in [6.45, 7) is 0.505. The number of carbonyl (C=O) groups is 1. The van der Waals surface area contributed by atoms with Crippen LogP contribution < -0.4 is 5.32 Å². The Kier molecular flexibility index (Phi) is 2.92. The molecule has 11 heavy (non-hydrogen) atoms. The number of aromatic nitrogens is 1. The molecular formula is C7H8N2OS. The summed E-state index contributed by atoms with van der Waals surface area (Å²) < 4.78 is 0. The molecule has 0 bridgehead atoms. The summed E-state index contributed by atoms with van der Waals surface area (Å²) in [6, 6.07) is 3.67. The molecule has 0 aliphatic rings. The summed E-state index contributed by atoms with van der Waals surface area (Å²) in [5, 5.41) is 2.24. The quantitative estimate of drug-likeness (QED) is 0.652. The summed E-state index contributed by atoms with van der Waals surface area (Å²) in [5.74, 6) is 0. The van der Waals surface area contributed by atoms with Crippen molar-refractivity contribution in [3.05, 3.63) is 30.1 Å². The van der Waals surface area contributed by atoms with Gasteiger partial charge in [-0.05, 0) is 17.7 Å². The third kappa shape index (κ3) is 3.04. The van der Waals surface area contributed by atoms with E-state index in [-0.39, 0.29) is 5.24 Å². The van der Waals surface area contributed by atoms with Crippen LogP contribution in [0, 0.1) is 0 Å². The van der Waals surface area contributed by atoms with Crippen LogP contribution in [-0.4, -0.2) is 10.2 Å². The summed E-state index contributed by atoms with van der Waals surface area (Å²) in [7, 11) is 0. The van der Waals surface area contributed by atoms with Crippen molar-refractivity contribution in [2.24, 2.45) is 0 Å². The van der Waals surface area contributed by atoms with Crippen LogP contribution in [0.2, 0.25) is 0 Å². The molecule has 1 heterocycles. The van der Waals surface area contributed by atoms with Crippen LogP contribution in [0.4, 0.5) is 4.79 Å². The Morgan fingerprint density at radius 2 is 2.18 bits per heavy atom. The molecule has 0 aliphatic heterocycles. The Labute approximate surface area is 70.2 Å². The van der Waals surface area contributed by atoms with Crippen LogP contribution in [0.25, 0.3) is 0 Å². The number of thiol groups is 1. The highest BCUT2D eigenvalue weighted by Crippen LogP contribution is 1.94. The van der Waals surface area contributed by atoms with Crippen LogP contribution >= 0.6 is 12.6 Å². The van der Waals surface area contributed by atoms with Crippen LogP contribution in [0.3, 0.4) is 0 Å². The number of hydrogen-bond donors (Lipinski definition) is 2. The van der Waals surface area contributed by atoms with Crippen molar-refractivity contribution < 1.29 is 4.79 Å². The smallest absolute Gasteiger partial charge is 0.276 e. The highest BCUT2D eigenvalue weighted by atomic mass is 32.1. The van der Waals surface area contributed by atoms with Crippen molar-refractivity contribution in [2.45, 2.75) is 6.54 Å². The maximum atomic E-state index is 10.4. The van der Waals surface area contributed by atoms with E-state index in [9.17, 15) is 4.79 Å². The molecule has 1 rings (SSSR count). The number of rotatable bonds is 2. The van der Waals surface area contributed by atoms with E-state index in [0.29, 0.717) is 6.54 Å². The maximum Gasteiger partial charge on any atom is 0.276 e. The summed E-state index contributed by atoms with van der Waals surface area (Å²) in [5.41, 5.74) is 1.02. The maximum absolute atomic E-state index is 10.4. The molecule has 1 amide bonds. The van der Waals surface area contributed by atoms with Gasteiger partial charge in [0.05, 0.1) is 0 Å². The van der Waals surface area contributed by atoms with Gasteiger partial charge in [-0.15, -0.1) is 0 Å². The van der Waals surface area contributed by atoms with Gasteiger partial charge in [0.25, 0.3) is 5.24 Å². The van der Waals surface area contributed by atoms with Crippen molar-refractivity contribution >= 4 is 17.9 Å². The summed E-state index contributed by atoms with van der Waals surface area (Å²) in [4.78, 5) is 14.2. The minimum Gasteiger partial charge on any atom is -0.343 e. The first-order valence-electron chi connectivity index (χ1n) is 3.15. The zero-order valence-electron chi connectivity index (χ0n) is 5.82. The molecule has 0 saturated carbocycles. The lowest BCUT2D eigenvalue weighted by molar-refractivity contribution is 0.260. The topological polar surface area (TPSA) is 42.0 Å². The van der Waals surface area contributed by atoms with Gasteiger partial charge in [-0.3, -0.25) is 9.78 Å². The van der Waals surface area contributed by atoms with Crippen molar-refractivity contribution in [1.29, 1.82) is 0 Å². The second kappa shape index (κ2) is 3.98. The Morgan fingerprint density at radius 3 is 2.73 bits per heavy atom. The van der Waals surface area contributed by atoms with Crippen molar-refractivity contribution in [3.8, 4) is 0 Å². The number of hydrogen-bond acceptors (Lipinski definition) is 2. The zero-order chi connectivity index (χ0) is 8.10. The summed E-state index contributed by atoms with van der Waals surface area (Å²) in [6.07, 6.45) is 3.36. The van der Waals surface area contributed by atoms with E-state index in [1.165, 1.54) is 0 Å². The lowest BCUT2D eigenvalue weighted by Gasteiger charge is -1.99. The third-order valence-corrected chi connectivity index (χ3v) is 1.35. The van der Waals surface area contributed by atoms with Crippen LogP contribution in [0.5, 0.6) is 0 Å². The molecule has 4 heteroatoms. The van der Waals surface area contributed by atoms with Crippen molar-refractivity contribution in [3.63, 3.8) is 0 Å². The number of carbonyl (C=O) groups excluding carboxylic acids is 1. The fourth-order valence-electron chi connectivity index (χ4n) is 0.678. The van der Waals surface area contributed by atoms with Gasteiger partial charge >= 0.3 is 0 Å². The average molecular weight is 168 g/mol. The van der Waals surface area contributed by atoms with E-state index in [1.54, 1.807) is 12.4 Å². The fraction of sp³-hybridized carbons (Fsp3) is 0.143. The van der Waals surface area contributed by atoms with Gasteiger partial charge in [0.2, 0.25) is 0 Å². The Balaban J connectivity index is 2.45. The van der Waals surface area contributed by atoms with E-state index in [1.807, 2.05) is 12.1 Å². The molecule has 0 atom stereocenters. The molecule has 1 aromatic heterocycles. The van der Waals surface area contributed by atoms with Gasteiger partial charge in [0.1, 0.15) is 0 Å². The van der Waals surface area contributed by atoms with Gasteiger partial charge in [0.15, 0.2) is 0 Å². The molecular weight excluding hydrogens is 160 g/mol. The number of pyridine rings is 1. The zero-order valence-corrected chi connectivity index (χ0v) is 6.71. The molecule has 1 aromatic rings. The van der Waals surface area contributed by atoms with Crippen molar-refractivity contribution in [1.82, 2.24) is 10.3 Å². The molecule has 0 fully saturated rings. The highest BCUT2D eigenvalue weighted by molar-refractivity contribution is 7.96. The first-order chi connectivity index (χ1) is 5.29. The van der Waals surface area contributed by atoms with E-state index < -0.39 is 0 Å². The molecule has 0 spiro atoms. The Bertz CT molecular complexity index is 237. The molecule has 0 unspecified atom stereocenters. The second-order valence-electron chi connectivity index (χ2n) is 2.01. The minimum atomic E-state index is -0.318. The van der Waals surface area contributed by atoms with Gasteiger partial charge in [-0.25, -0.2) is 0 Å². The molecule has 0 aliphatic carbocycles. The lowest BCUT2D eigenvalue weighted by atomic mass is 10.3. The molecule has 0 radical (unpaired) electrons. The van der Waals surface area contributed by atoms with Crippen molar-refractivity contribution in [2.75, 3.05) is 0 Å². The van der Waals surface area contributed by atoms with Crippen LogP contribution in [-0.2, 0) is 6.54 Å². The van der Waals surface area contributed by atoms with E-state index in [2.05, 4.69) is 22.9 Å². The fourth-order valence-corrected chi connectivity index (χ4v) is 0.757. The first-order valence-corrected chi connectivity index (χ1v) is 3.59. The van der Waals surface area contributed by atoms with Gasteiger partial charge < -0.3 is 5.32 Å². The Hall–Kier alpha value is -1.03. The number of nitrogens with zero attached hydrogens (tertiary/aromatic N) is 1. The standard InChI is InChI=1S/C7H8N2OS/c10-7(11)9-5-6-1-3-8-4-2-6/h1-4H,5H2,(H2,9,10,11). The molecule has 0 saturated heterocycles.